The summed E-state index contributed by atoms with van der Waals surface area (Å²) >= 11 is 1.70. The number of hydrogen-bond donors (Lipinski definition) is 0. The number of carbonyl (C=O) groups excluding carboxylic acids is 1. The van der Waals surface area contributed by atoms with E-state index in [0.29, 0.717) is 6.42 Å². The molecule has 4 heterocycles. The maximum Gasteiger partial charge on any atom is 0.227 e. The SMILES string of the molecule is O=C1CCc2cc(-c3cncc(-c4ccsc4)c3)cc3c2N1CC3. The molecule has 0 saturated heterocycles. The van der Waals surface area contributed by atoms with Crippen LogP contribution in [0.1, 0.15) is 17.5 Å². The molecule has 3 aromatic rings. The highest BCUT2D eigenvalue weighted by Crippen LogP contribution is 2.40. The van der Waals surface area contributed by atoms with E-state index >= 15 is 0 Å². The van der Waals surface area contributed by atoms with Crippen LogP contribution in [0.25, 0.3) is 22.3 Å². The van der Waals surface area contributed by atoms with Crippen LogP contribution in [0.3, 0.4) is 0 Å². The van der Waals surface area contributed by atoms with Crippen molar-refractivity contribution in [2.45, 2.75) is 19.3 Å². The minimum Gasteiger partial charge on any atom is -0.312 e. The summed E-state index contributed by atoms with van der Waals surface area (Å²) in [6.07, 6.45) is 6.29. The van der Waals surface area contributed by atoms with Crippen molar-refractivity contribution in [3.63, 3.8) is 0 Å². The molecule has 0 radical (unpaired) electrons. The molecular weight excluding hydrogens is 316 g/mol. The number of pyridine rings is 1. The van der Waals surface area contributed by atoms with Gasteiger partial charge in [-0.25, -0.2) is 0 Å². The Morgan fingerprint density at radius 2 is 1.71 bits per heavy atom. The second kappa shape index (κ2) is 5.28. The third-order valence-electron chi connectivity index (χ3n) is 4.98. The molecule has 0 fully saturated rings. The van der Waals surface area contributed by atoms with Crippen LogP contribution in [0.2, 0.25) is 0 Å². The van der Waals surface area contributed by atoms with Crippen molar-refractivity contribution in [2.75, 3.05) is 11.4 Å². The topological polar surface area (TPSA) is 33.2 Å². The number of hydrogen-bond acceptors (Lipinski definition) is 3. The Balaban J connectivity index is 1.62. The lowest BCUT2D eigenvalue weighted by molar-refractivity contribution is -0.118. The molecule has 24 heavy (non-hydrogen) atoms. The van der Waals surface area contributed by atoms with Gasteiger partial charge in [0.15, 0.2) is 0 Å². The van der Waals surface area contributed by atoms with E-state index in [0.717, 1.165) is 30.5 Å². The second-order valence-corrected chi connectivity index (χ2v) is 7.19. The molecule has 0 N–H and O–H groups in total. The number of aromatic nitrogens is 1. The van der Waals surface area contributed by atoms with Crippen LogP contribution >= 0.6 is 11.3 Å². The van der Waals surface area contributed by atoms with E-state index in [9.17, 15) is 4.79 Å². The number of nitrogens with zero attached hydrogens (tertiary/aromatic N) is 2. The quantitative estimate of drug-likeness (QED) is 0.700. The summed E-state index contributed by atoms with van der Waals surface area (Å²) in [5.74, 6) is 0.273. The number of aryl methyl sites for hydroxylation is 1. The summed E-state index contributed by atoms with van der Waals surface area (Å²) in [5, 5.41) is 4.24. The van der Waals surface area contributed by atoms with E-state index in [1.807, 2.05) is 17.3 Å². The van der Waals surface area contributed by atoms with Crippen molar-refractivity contribution in [1.82, 2.24) is 4.98 Å². The average molecular weight is 332 g/mol. The van der Waals surface area contributed by atoms with Gasteiger partial charge in [-0.05, 0) is 70.1 Å². The minimum atomic E-state index is 0.273. The van der Waals surface area contributed by atoms with Gasteiger partial charge < -0.3 is 4.90 Å². The second-order valence-electron chi connectivity index (χ2n) is 6.41. The Morgan fingerprint density at radius 1 is 0.917 bits per heavy atom. The summed E-state index contributed by atoms with van der Waals surface area (Å²) in [4.78, 5) is 18.5. The Kier molecular flexibility index (Phi) is 3.06. The number of thiophene rings is 1. The number of benzene rings is 1. The predicted octanol–water partition coefficient (Wildman–Crippen LogP) is 4.31. The summed E-state index contributed by atoms with van der Waals surface area (Å²) in [7, 11) is 0. The van der Waals surface area contributed by atoms with E-state index in [1.54, 1.807) is 11.3 Å². The van der Waals surface area contributed by atoms with Gasteiger partial charge >= 0.3 is 0 Å². The number of anilines is 1. The fourth-order valence-corrected chi connectivity index (χ4v) is 4.47. The molecule has 3 nitrogen and oxygen atoms in total. The first-order valence-corrected chi connectivity index (χ1v) is 9.18. The van der Waals surface area contributed by atoms with Gasteiger partial charge in [-0.3, -0.25) is 9.78 Å². The monoisotopic (exact) mass is 332 g/mol. The van der Waals surface area contributed by atoms with Gasteiger partial charge in [-0.15, -0.1) is 0 Å². The van der Waals surface area contributed by atoms with E-state index in [1.165, 1.54) is 27.9 Å². The van der Waals surface area contributed by atoms with E-state index in [2.05, 4.69) is 40.0 Å². The minimum absolute atomic E-state index is 0.273. The van der Waals surface area contributed by atoms with Crippen LogP contribution in [0.15, 0.2) is 47.4 Å². The first-order chi connectivity index (χ1) is 11.8. The van der Waals surface area contributed by atoms with Gasteiger partial charge in [0.25, 0.3) is 0 Å². The molecule has 4 heteroatoms. The van der Waals surface area contributed by atoms with Crippen molar-refractivity contribution >= 4 is 22.9 Å². The summed E-state index contributed by atoms with van der Waals surface area (Å²) < 4.78 is 0. The molecule has 0 unspecified atom stereocenters. The molecule has 118 valence electrons. The molecule has 5 rings (SSSR count). The van der Waals surface area contributed by atoms with Crippen LogP contribution < -0.4 is 4.90 Å². The Morgan fingerprint density at radius 3 is 2.50 bits per heavy atom. The maximum absolute atomic E-state index is 12.1. The lowest BCUT2D eigenvalue weighted by Gasteiger charge is -2.25. The third kappa shape index (κ3) is 2.10. The molecule has 0 aliphatic carbocycles. The first-order valence-electron chi connectivity index (χ1n) is 8.24. The molecule has 1 amide bonds. The van der Waals surface area contributed by atoms with Gasteiger partial charge in [-0.2, -0.15) is 11.3 Å². The standard InChI is InChI=1S/C20H16N2OS/c23-19-2-1-13-7-16(8-14-3-5-22(19)20(13)14)18-9-17(10-21-11-18)15-4-6-24-12-15/h4,6-12H,1-3,5H2. The smallest absolute Gasteiger partial charge is 0.227 e. The average Bonchev–Trinajstić information content (AvgIpc) is 3.29. The highest BCUT2D eigenvalue weighted by molar-refractivity contribution is 7.08. The lowest BCUT2D eigenvalue weighted by atomic mass is 9.93. The van der Waals surface area contributed by atoms with E-state index in [4.69, 9.17) is 0 Å². The van der Waals surface area contributed by atoms with Crippen LogP contribution in [0.4, 0.5) is 5.69 Å². The van der Waals surface area contributed by atoms with Crippen molar-refractivity contribution in [1.29, 1.82) is 0 Å². The molecule has 1 aromatic carbocycles. The largest absolute Gasteiger partial charge is 0.312 e. The fraction of sp³-hybridized carbons (Fsp3) is 0.200. The number of amides is 1. The maximum atomic E-state index is 12.1. The van der Waals surface area contributed by atoms with Crippen LogP contribution in [-0.2, 0) is 17.6 Å². The molecule has 2 aliphatic rings. The molecule has 0 spiro atoms. The molecular formula is C20H16N2OS. The van der Waals surface area contributed by atoms with E-state index in [-0.39, 0.29) is 5.91 Å². The lowest BCUT2D eigenvalue weighted by Crippen LogP contribution is -2.32. The Bertz CT molecular complexity index is 946. The van der Waals surface area contributed by atoms with Crippen molar-refractivity contribution < 1.29 is 4.79 Å². The molecule has 0 bridgehead atoms. The zero-order valence-electron chi connectivity index (χ0n) is 13.2. The Hall–Kier alpha value is -2.46. The highest BCUT2D eigenvalue weighted by Gasteiger charge is 2.31. The van der Waals surface area contributed by atoms with Crippen molar-refractivity contribution in [2.24, 2.45) is 0 Å². The van der Waals surface area contributed by atoms with Crippen LogP contribution in [0, 0.1) is 0 Å². The first kappa shape index (κ1) is 13.9. The van der Waals surface area contributed by atoms with Crippen LogP contribution in [0.5, 0.6) is 0 Å². The van der Waals surface area contributed by atoms with Gasteiger partial charge in [-0.1, -0.05) is 0 Å². The van der Waals surface area contributed by atoms with Crippen molar-refractivity contribution in [3.05, 3.63) is 58.5 Å². The molecule has 0 atom stereocenters. The van der Waals surface area contributed by atoms with Gasteiger partial charge in [0.2, 0.25) is 5.91 Å². The third-order valence-corrected chi connectivity index (χ3v) is 5.66. The van der Waals surface area contributed by atoms with Gasteiger partial charge in [0.1, 0.15) is 0 Å². The van der Waals surface area contributed by atoms with E-state index < -0.39 is 0 Å². The number of carbonyl (C=O) groups is 1. The highest BCUT2D eigenvalue weighted by atomic mass is 32.1. The zero-order valence-corrected chi connectivity index (χ0v) is 14.0. The van der Waals surface area contributed by atoms with Crippen molar-refractivity contribution in [3.8, 4) is 22.3 Å². The normalized spacial score (nSPS) is 15.7. The number of rotatable bonds is 2. The summed E-state index contributed by atoms with van der Waals surface area (Å²) in [5.41, 5.74) is 8.51. The van der Waals surface area contributed by atoms with Gasteiger partial charge in [0.05, 0.1) is 5.69 Å². The fourth-order valence-electron chi connectivity index (χ4n) is 3.81. The Labute approximate surface area is 144 Å². The van der Waals surface area contributed by atoms with Gasteiger partial charge in [0, 0.05) is 36.5 Å². The molecule has 0 saturated carbocycles. The molecule has 2 aromatic heterocycles. The summed E-state index contributed by atoms with van der Waals surface area (Å²) in [6, 6.07) is 8.83. The predicted molar refractivity (Wildman–Crippen MR) is 97.4 cm³/mol. The zero-order chi connectivity index (χ0) is 16.1. The molecule has 2 aliphatic heterocycles. The van der Waals surface area contributed by atoms with Crippen LogP contribution in [-0.4, -0.2) is 17.4 Å². The summed E-state index contributed by atoms with van der Waals surface area (Å²) in [6.45, 7) is 0.831.